The number of hydrogen-bond donors (Lipinski definition) is 2. The van der Waals surface area contributed by atoms with Gasteiger partial charge in [0.2, 0.25) is 5.95 Å². The number of aliphatic hydroxyl groups is 1. The van der Waals surface area contributed by atoms with E-state index in [1.54, 1.807) is 0 Å². The molecule has 0 radical (unpaired) electrons. The van der Waals surface area contributed by atoms with Gasteiger partial charge in [-0.25, -0.2) is 9.97 Å². The van der Waals surface area contributed by atoms with E-state index in [0.717, 1.165) is 41.1 Å². The Labute approximate surface area is 120 Å². The summed E-state index contributed by atoms with van der Waals surface area (Å²) in [5.74, 6) is 0.677. The molecule has 3 rings (SSSR count). The van der Waals surface area contributed by atoms with Crippen LogP contribution in [0.4, 0.5) is 5.95 Å². The van der Waals surface area contributed by atoms with Crippen molar-refractivity contribution < 1.29 is 5.11 Å². The molecule has 1 aromatic carbocycles. The Bertz CT molecular complexity index is 582. The zero-order valence-electron chi connectivity index (χ0n) is 10.5. The van der Waals surface area contributed by atoms with Crippen LogP contribution in [0.1, 0.15) is 25.7 Å². The van der Waals surface area contributed by atoms with Gasteiger partial charge in [0.25, 0.3) is 0 Å². The molecule has 0 saturated heterocycles. The summed E-state index contributed by atoms with van der Waals surface area (Å²) in [4.78, 5) is 8.88. The van der Waals surface area contributed by atoms with Gasteiger partial charge in [0.15, 0.2) is 0 Å². The third-order valence-electron chi connectivity index (χ3n) is 3.57. The van der Waals surface area contributed by atoms with Gasteiger partial charge < -0.3 is 10.4 Å². The molecule has 0 atom stereocenters. The van der Waals surface area contributed by atoms with Gasteiger partial charge in [-0.15, -0.1) is 0 Å². The number of anilines is 1. The molecule has 1 aliphatic rings. The molecule has 0 aliphatic heterocycles. The lowest BCUT2D eigenvalue weighted by molar-refractivity contribution is 0.126. The van der Waals surface area contributed by atoms with Gasteiger partial charge in [0, 0.05) is 22.1 Å². The minimum atomic E-state index is -0.132. The number of halogens is 1. The molecule has 4 nitrogen and oxygen atoms in total. The number of benzene rings is 1. The molecular formula is C14H16BrN3O. The van der Waals surface area contributed by atoms with Crippen LogP contribution in [-0.4, -0.2) is 27.2 Å². The number of nitrogens with zero attached hydrogens (tertiary/aromatic N) is 2. The van der Waals surface area contributed by atoms with Crippen LogP contribution in [0.5, 0.6) is 0 Å². The SMILES string of the molecule is OC1CCC(Nc2ncc3cc(Br)ccc3n2)CC1. The molecule has 2 aromatic rings. The summed E-state index contributed by atoms with van der Waals surface area (Å²) in [5.41, 5.74) is 0.941. The first-order valence-corrected chi connectivity index (χ1v) is 7.37. The van der Waals surface area contributed by atoms with Crippen molar-refractivity contribution in [2.24, 2.45) is 0 Å². The van der Waals surface area contributed by atoms with Crippen molar-refractivity contribution in [2.45, 2.75) is 37.8 Å². The van der Waals surface area contributed by atoms with Gasteiger partial charge in [0.1, 0.15) is 0 Å². The fourth-order valence-corrected chi connectivity index (χ4v) is 2.86. The maximum Gasteiger partial charge on any atom is 0.223 e. The van der Waals surface area contributed by atoms with E-state index in [9.17, 15) is 5.11 Å². The molecular weight excluding hydrogens is 306 g/mol. The van der Waals surface area contributed by atoms with Crippen LogP contribution in [0.15, 0.2) is 28.9 Å². The first-order chi connectivity index (χ1) is 9.20. The second kappa shape index (κ2) is 5.43. The predicted molar refractivity (Wildman–Crippen MR) is 79.1 cm³/mol. The summed E-state index contributed by atoms with van der Waals surface area (Å²) >= 11 is 3.44. The summed E-state index contributed by atoms with van der Waals surface area (Å²) in [6.07, 6.45) is 5.38. The number of aliphatic hydroxyl groups excluding tert-OH is 1. The first kappa shape index (κ1) is 12.8. The van der Waals surface area contributed by atoms with Crippen molar-refractivity contribution >= 4 is 32.8 Å². The summed E-state index contributed by atoms with van der Waals surface area (Å²) in [6.45, 7) is 0. The number of rotatable bonds is 2. The van der Waals surface area contributed by atoms with Crippen LogP contribution in [0.3, 0.4) is 0 Å². The van der Waals surface area contributed by atoms with Gasteiger partial charge >= 0.3 is 0 Å². The van der Waals surface area contributed by atoms with Crippen LogP contribution >= 0.6 is 15.9 Å². The third kappa shape index (κ3) is 3.04. The summed E-state index contributed by atoms with van der Waals surface area (Å²) < 4.78 is 1.03. The molecule has 0 bridgehead atoms. The van der Waals surface area contributed by atoms with Crippen LogP contribution < -0.4 is 5.32 Å². The van der Waals surface area contributed by atoms with Gasteiger partial charge in [-0.05, 0) is 43.9 Å². The van der Waals surface area contributed by atoms with E-state index < -0.39 is 0 Å². The standard InChI is InChI=1S/C14H16BrN3O/c15-10-1-6-13-9(7-10)8-16-14(18-13)17-11-2-4-12(19)5-3-11/h1,6-8,11-12,19H,2-5H2,(H,16,17,18). The Hall–Kier alpha value is -1.20. The lowest BCUT2D eigenvalue weighted by Gasteiger charge is -2.26. The minimum absolute atomic E-state index is 0.132. The van der Waals surface area contributed by atoms with Crippen LogP contribution in [0.25, 0.3) is 10.9 Å². The summed E-state index contributed by atoms with van der Waals surface area (Å²) in [7, 11) is 0. The first-order valence-electron chi connectivity index (χ1n) is 6.57. The molecule has 1 saturated carbocycles. The van der Waals surface area contributed by atoms with E-state index in [1.807, 2.05) is 24.4 Å². The fourth-order valence-electron chi connectivity index (χ4n) is 2.48. The zero-order valence-corrected chi connectivity index (χ0v) is 12.1. The van der Waals surface area contributed by atoms with Gasteiger partial charge in [-0.1, -0.05) is 15.9 Å². The topological polar surface area (TPSA) is 58.0 Å². The fraction of sp³-hybridized carbons (Fsp3) is 0.429. The third-order valence-corrected chi connectivity index (χ3v) is 4.07. The van der Waals surface area contributed by atoms with Crippen molar-refractivity contribution in [3.8, 4) is 0 Å². The van der Waals surface area contributed by atoms with Gasteiger partial charge in [-0.2, -0.15) is 0 Å². The average Bonchev–Trinajstić information content (AvgIpc) is 2.42. The number of hydrogen-bond acceptors (Lipinski definition) is 4. The maximum atomic E-state index is 9.50. The van der Waals surface area contributed by atoms with Crippen LogP contribution in [0.2, 0.25) is 0 Å². The number of nitrogens with one attached hydrogen (secondary N) is 1. The average molecular weight is 322 g/mol. The minimum Gasteiger partial charge on any atom is -0.393 e. The summed E-state index contributed by atoms with van der Waals surface area (Å²) in [6, 6.07) is 6.35. The molecule has 0 amide bonds. The molecule has 19 heavy (non-hydrogen) atoms. The zero-order chi connectivity index (χ0) is 13.2. The molecule has 0 spiro atoms. The van der Waals surface area contributed by atoms with Crippen molar-refractivity contribution in [1.29, 1.82) is 0 Å². The highest BCUT2D eigenvalue weighted by Gasteiger charge is 2.19. The van der Waals surface area contributed by atoms with Gasteiger partial charge in [-0.3, -0.25) is 0 Å². The van der Waals surface area contributed by atoms with E-state index in [2.05, 4.69) is 31.2 Å². The largest absolute Gasteiger partial charge is 0.393 e. The Morgan fingerprint density at radius 2 is 2.00 bits per heavy atom. The molecule has 5 heteroatoms. The molecule has 1 fully saturated rings. The second-order valence-corrected chi connectivity index (χ2v) is 5.96. The van der Waals surface area contributed by atoms with Crippen molar-refractivity contribution in [2.75, 3.05) is 5.32 Å². The summed E-state index contributed by atoms with van der Waals surface area (Å²) in [5, 5.41) is 13.9. The predicted octanol–water partition coefficient (Wildman–Crippen LogP) is 3.11. The quantitative estimate of drug-likeness (QED) is 0.892. The molecule has 1 aliphatic carbocycles. The van der Waals surface area contributed by atoms with Crippen LogP contribution in [0, 0.1) is 0 Å². The molecule has 0 unspecified atom stereocenters. The molecule has 2 N–H and O–H groups in total. The van der Waals surface area contributed by atoms with E-state index in [0.29, 0.717) is 12.0 Å². The van der Waals surface area contributed by atoms with E-state index in [-0.39, 0.29) is 6.10 Å². The highest BCUT2D eigenvalue weighted by molar-refractivity contribution is 9.10. The van der Waals surface area contributed by atoms with Crippen LogP contribution in [-0.2, 0) is 0 Å². The Balaban J connectivity index is 1.76. The maximum absolute atomic E-state index is 9.50. The molecule has 100 valence electrons. The van der Waals surface area contributed by atoms with E-state index in [1.165, 1.54) is 0 Å². The van der Waals surface area contributed by atoms with Crippen molar-refractivity contribution in [1.82, 2.24) is 9.97 Å². The number of fused-ring (bicyclic) bond motifs is 1. The lowest BCUT2D eigenvalue weighted by atomic mass is 9.93. The normalized spacial score (nSPS) is 23.5. The Morgan fingerprint density at radius 3 is 2.79 bits per heavy atom. The van der Waals surface area contributed by atoms with Gasteiger partial charge in [0.05, 0.1) is 11.6 Å². The number of aromatic nitrogens is 2. The second-order valence-electron chi connectivity index (χ2n) is 5.05. The molecule has 1 aromatic heterocycles. The van der Waals surface area contributed by atoms with E-state index >= 15 is 0 Å². The highest BCUT2D eigenvalue weighted by atomic mass is 79.9. The van der Waals surface area contributed by atoms with Crippen molar-refractivity contribution in [3.05, 3.63) is 28.9 Å². The van der Waals surface area contributed by atoms with E-state index in [4.69, 9.17) is 0 Å². The monoisotopic (exact) mass is 321 g/mol. The van der Waals surface area contributed by atoms with Crippen molar-refractivity contribution in [3.63, 3.8) is 0 Å². The lowest BCUT2D eigenvalue weighted by Crippen LogP contribution is -2.28. The molecule has 1 heterocycles. The Morgan fingerprint density at radius 1 is 1.21 bits per heavy atom. The smallest absolute Gasteiger partial charge is 0.223 e. The highest BCUT2D eigenvalue weighted by Crippen LogP contribution is 2.22. The Kier molecular flexibility index (Phi) is 3.66.